The molecular formula is C21H19F3N6O2. The lowest BCUT2D eigenvalue weighted by atomic mass is 10.1. The third-order valence-electron chi connectivity index (χ3n) is 4.98. The summed E-state index contributed by atoms with van der Waals surface area (Å²) in [4.78, 5) is 28.9. The molecule has 0 saturated carbocycles. The Morgan fingerprint density at radius 2 is 1.91 bits per heavy atom. The Bertz CT molecular complexity index is 1100. The summed E-state index contributed by atoms with van der Waals surface area (Å²) in [7, 11) is 0. The normalized spacial score (nSPS) is 14.9. The molecule has 0 spiro atoms. The molecule has 4 rings (SSSR count). The van der Waals surface area contributed by atoms with Gasteiger partial charge in [-0.3, -0.25) is 14.8 Å². The van der Waals surface area contributed by atoms with E-state index in [0.29, 0.717) is 37.2 Å². The van der Waals surface area contributed by atoms with Gasteiger partial charge in [0.1, 0.15) is 23.4 Å². The molecule has 1 fully saturated rings. The van der Waals surface area contributed by atoms with E-state index in [1.54, 1.807) is 23.1 Å². The van der Waals surface area contributed by atoms with Gasteiger partial charge in [-0.15, -0.1) is 0 Å². The van der Waals surface area contributed by atoms with Crippen LogP contribution in [0.4, 0.5) is 19.0 Å². The minimum Gasteiger partial charge on any atom is -0.490 e. The number of hydrogen-bond donors (Lipinski definition) is 1. The lowest BCUT2D eigenvalue weighted by molar-refractivity contribution is -0.141. The van der Waals surface area contributed by atoms with Crippen molar-refractivity contribution < 1.29 is 22.7 Å². The molecule has 0 aliphatic carbocycles. The van der Waals surface area contributed by atoms with Gasteiger partial charge >= 0.3 is 6.18 Å². The second-order valence-corrected chi connectivity index (χ2v) is 7.22. The summed E-state index contributed by atoms with van der Waals surface area (Å²) < 4.78 is 46.2. The first kappa shape index (κ1) is 21.5. The second kappa shape index (κ2) is 8.77. The smallest absolute Gasteiger partial charge is 0.433 e. The molecule has 2 N–H and O–H groups in total. The van der Waals surface area contributed by atoms with Gasteiger partial charge in [-0.2, -0.15) is 13.2 Å². The van der Waals surface area contributed by atoms with E-state index in [1.165, 1.54) is 24.7 Å². The van der Waals surface area contributed by atoms with Gasteiger partial charge in [0.05, 0.1) is 0 Å². The molecular weight excluding hydrogens is 425 g/mol. The van der Waals surface area contributed by atoms with Gasteiger partial charge in [0, 0.05) is 62.2 Å². The third-order valence-corrected chi connectivity index (χ3v) is 4.98. The highest BCUT2D eigenvalue weighted by atomic mass is 19.4. The SMILES string of the molecule is NC(=O)c1cc(OC2CCN(c3cc(C(F)(F)F)nc(-c4cccnc4)n3)CC2)ccn1. The Labute approximate surface area is 181 Å². The molecule has 1 saturated heterocycles. The van der Waals surface area contributed by atoms with Crippen molar-refractivity contribution in [2.75, 3.05) is 18.0 Å². The van der Waals surface area contributed by atoms with Crippen molar-refractivity contribution >= 4 is 11.7 Å². The van der Waals surface area contributed by atoms with E-state index >= 15 is 0 Å². The van der Waals surface area contributed by atoms with Crippen molar-refractivity contribution in [1.82, 2.24) is 19.9 Å². The number of rotatable bonds is 5. The molecule has 0 bridgehead atoms. The number of alkyl halides is 3. The molecule has 1 amide bonds. The Balaban J connectivity index is 1.50. The van der Waals surface area contributed by atoms with Gasteiger partial charge in [0.15, 0.2) is 11.5 Å². The minimum atomic E-state index is -4.60. The zero-order valence-corrected chi connectivity index (χ0v) is 16.8. The van der Waals surface area contributed by atoms with Gasteiger partial charge in [0.25, 0.3) is 5.91 Å². The molecule has 11 heteroatoms. The first-order valence-corrected chi connectivity index (χ1v) is 9.84. The summed E-state index contributed by atoms with van der Waals surface area (Å²) in [6.07, 6.45) is 0.728. The number of nitrogens with zero attached hydrogens (tertiary/aromatic N) is 5. The van der Waals surface area contributed by atoms with E-state index in [2.05, 4.69) is 19.9 Å². The highest BCUT2D eigenvalue weighted by Crippen LogP contribution is 2.32. The van der Waals surface area contributed by atoms with E-state index in [1.807, 2.05) is 0 Å². The highest BCUT2D eigenvalue weighted by Gasteiger charge is 2.35. The molecule has 0 unspecified atom stereocenters. The van der Waals surface area contributed by atoms with E-state index in [4.69, 9.17) is 10.5 Å². The number of carbonyl (C=O) groups is 1. The fourth-order valence-electron chi connectivity index (χ4n) is 3.38. The number of piperidine rings is 1. The molecule has 4 heterocycles. The number of carbonyl (C=O) groups excluding carboxylic acids is 1. The van der Waals surface area contributed by atoms with Crippen LogP contribution in [0.5, 0.6) is 5.75 Å². The average Bonchev–Trinajstić information content (AvgIpc) is 2.79. The molecule has 0 radical (unpaired) electrons. The largest absolute Gasteiger partial charge is 0.490 e. The quantitative estimate of drug-likeness (QED) is 0.644. The Morgan fingerprint density at radius 3 is 2.56 bits per heavy atom. The maximum absolute atomic E-state index is 13.4. The first-order chi connectivity index (χ1) is 15.3. The molecule has 1 aliphatic rings. The lowest BCUT2D eigenvalue weighted by Gasteiger charge is -2.33. The van der Waals surface area contributed by atoms with Crippen LogP contribution in [0.2, 0.25) is 0 Å². The summed E-state index contributed by atoms with van der Waals surface area (Å²) in [5.41, 5.74) is 4.74. The fraction of sp³-hybridized carbons (Fsp3) is 0.286. The summed E-state index contributed by atoms with van der Waals surface area (Å²) in [6.45, 7) is 0.887. The van der Waals surface area contributed by atoms with Crippen LogP contribution < -0.4 is 15.4 Å². The van der Waals surface area contributed by atoms with Gasteiger partial charge in [0.2, 0.25) is 0 Å². The summed E-state index contributed by atoms with van der Waals surface area (Å²) in [5, 5.41) is 0. The van der Waals surface area contributed by atoms with Gasteiger partial charge in [-0.05, 0) is 18.2 Å². The summed E-state index contributed by atoms with van der Waals surface area (Å²) in [6, 6.07) is 7.28. The molecule has 0 atom stereocenters. The van der Waals surface area contributed by atoms with E-state index in [9.17, 15) is 18.0 Å². The Hall–Kier alpha value is -3.76. The number of primary amides is 1. The molecule has 166 valence electrons. The highest BCUT2D eigenvalue weighted by molar-refractivity contribution is 5.91. The van der Waals surface area contributed by atoms with Crippen LogP contribution in [0, 0.1) is 0 Å². The fourth-order valence-corrected chi connectivity index (χ4v) is 3.38. The predicted octanol–water partition coefficient (Wildman–Crippen LogP) is 3.10. The third kappa shape index (κ3) is 4.93. The lowest BCUT2D eigenvalue weighted by Crippen LogP contribution is -2.39. The number of amides is 1. The maximum atomic E-state index is 13.4. The number of halogens is 3. The number of aromatic nitrogens is 4. The van der Waals surface area contributed by atoms with Crippen LogP contribution in [0.3, 0.4) is 0 Å². The predicted molar refractivity (Wildman–Crippen MR) is 109 cm³/mol. The van der Waals surface area contributed by atoms with E-state index < -0.39 is 17.8 Å². The zero-order valence-electron chi connectivity index (χ0n) is 16.8. The van der Waals surface area contributed by atoms with Crippen LogP contribution in [0.25, 0.3) is 11.4 Å². The number of ether oxygens (including phenoxy) is 1. The number of nitrogens with two attached hydrogens (primary N) is 1. The van der Waals surface area contributed by atoms with Crippen molar-refractivity contribution in [1.29, 1.82) is 0 Å². The van der Waals surface area contributed by atoms with Crippen molar-refractivity contribution in [2.24, 2.45) is 5.73 Å². The van der Waals surface area contributed by atoms with Crippen LogP contribution in [-0.4, -0.2) is 45.0 Å². The van der Waals surface area contributed by atoms with Crippen LogP contribution in [-0.2, 0) is 6.18 Å². The van der Waals surface area contributed by atoms with Crippen LogP contribution >= 0.6 is 0 Å². The number of pyridine rings is 2. The molecule has 8 nitrogen and oxygen atoms in total. The van der Waals surface area contributed by atoms with Gasteiger partial charge in [-0.1, -0.05) is 0 Å². The zero-order chi connectivity index (χ0) is 22.7. The van der Waals surface area contributed by atoms with Crippen LogP contribution in [0.15, 0.2) is 48.9 Å². The standard InChI is InChI=1S/C21H19F3N6O2/c22-21(23,24)17-11-18(29-20(28-17)13-2-1-6-26-12-13)30-8-4-14(5-9-30)32-15-3-7-27-16(10-15)19(25)31/h1-3,6-7,10-12,14H,4-5,8-9H2,(H2,25,31). The Morgan fingerprint density at radius 1 is 1.12 bits per heavy atom. The molecule has 32 heavy (non-hydrogen) atoms. The second-order valence-electron chi connectivity index (χ2n) is 7.22. The maximum Gasteiger partial charge on any atom is 0.433 e. The van der Waals surface area contributed by atoms with Crippen LogP contribution in [0.1, 0.15) is 29.0 Å². The van der Waals surface area contributed by atoms with Gasteiger partial charge < -0.3 is 15.4 Å². The first-order valence-electron chi connectivity index (χ1n) is 9.84. The summed E-state index contributed by atoms with van der Waals surface area (Å²) in [5.74, 6) is -0.0203. The number of hydrogen-bond acceptors (Lipinski definition) is 7. The monoisotopic (exact) mass is 444 g/mol. The van der Waals surface area contributed by atoms with E-state index in [-0.39, 0.29) is 23.4 Å². The number of anilines is 1. The average molecular weight is 444 g/mol. The topological polar surface area (TPSA) is 107 Å². The Kier molecular flexibility index (Phi) is 5.89. The minimum absolute atomic E-state index is 0.0305. The van der Waals surface area contributed by atoms with Crippen molar-refractivity contribution in [2.45, 2.75) is 25.1 Å². The molecule has 1 aliphatic heterocycles. The van der Waals surface area contributed by atoms with Crippen molar-refractivity contribution in [3.63, 3.8) is 0 Å². The molecule has 3 aromatic rings. The van der Waals surface area contributed by atoms with Crippen molar-refractivity contribution in [3.8, 4) is 17.1 Å². The molecule has 3 aromatic heterocycles. The summed E-state index contributed by atoms with van der Waals surface area (Å²) >= 11 is 0. The van der Waals surface area contributed by atoms with E-state index in [0.717, 1.165) is 6.07 Å². The van der Waals surface area contributed by atoms with Crippen molar-refractivity contribution in [3.05, 3.63) is 60.3 Å². The molecule has 0 aromatic carbocycles. The van der Waals surface area contributed by atoms with Gasteiger partial charge in [-0.25, -0.2) is 9.97 Å².